The van der Waals surface area contributed by atoms with Gasteiger partial charge in [-0.25, -0.2) is 0 Å². The van der Waals surface area contributed by atoms with E-state index in [0.717, 1.165) is 18.8 Å². The zero-order valence-electron chi connectivity index (χ0n) is 10.9. The molecule has 1 saturated heterocycles. The molecule has 1 fully saturated rings. The first kappa shape index (κ1) is 13.1. The van der Waals surface area contributed by atoms with Gasteiger partial charge in [-0.3, -0.25) is 9.69 Å². The van der Waals surface area contributed by atoms with Gasteiger partial charge in [-0.15, -0.1) is 0 Å². The number of carbonyl (C=O) groups is 1. The Bertz CT molecular complexity index is 391. The van der Waals surface area contributed by atoms with Gasteiger partial charge >= 0.3 is 5.97 Å². The Hall–Kier alpha value is -1.33. The van der Waals surface area contributed by atoms with Crippen LogP contribution in [0.25, 0.3) is 0 Å². The Kier molecular flexibility index (Phi) is 4.04. The molecule has 5 heteroatoms. The largest absolute Gasteiger partial charge is 0.481 e. The molecule has 0 radical (unpaired) electrons. The SMILES string of the molecule is CC1CN(C)CC(CC(=O)O)N1Cc1ccco1. The van der Waals surface area contributed by atoms with Gasteiger partial charge in [-0.2, -0.15) is 0 Å². The van der Waals surface area contributed by atoms with Crippen molar-refractivity contribution in [3.05, 3.63) is 24.2 Å². The lowest BCUT2D eigenvalue weighted by molar-refractivity contribution is -0.139. The second kappa shape index (κ2) is 5.54. The summed E-state index contributed by atoms with van der Waals surface area (Å²) in [6, 6.07) is 4.17. The van der Waals surface area contributed by atoms with Gasteiger partial charge in [0.25, 0.3) is 0 Å². The molecular weight excluding hydrogens is 232 g/mol. The van der Waals surface area contributed by atoms with E-state index in [4.69, 9.17) is 9.52 Å². The number of carboxylic acids is 1. The van der Waals surface area contributed by atoms with Crippen molar-refractivity contribution < 1.29 is 14.3 Å². The maximum absolute atomic E-state index is 11.0. The smallest absolute Gasteiger partial charge is 0.304 e. The van der Waals surface area contributed by atoms with Crippen LogP contribution >= 0.6 is 0 Å². The number of carboxylic acid groups (broad SMARTS) is 1. The van der Waals surface area contributed by atoms with Crippen molar-refractivity contribution in [2.75, 3.05) is 20.1 Å². The molecule has 2 heterocycles. The topological polar surface area (TPSA) is 56.9 Å². The number of likely N-dealkylation sites (N-methyl/N-ethyl adjacent to an activating group) is 1. The standard InChI is InChI=1S/C13H20N2O3/c1-10-7-14(2)8-11(6-13(16)17)15(10)9-12-4-3-5-18-12/h3-5,10-11H,6-9H2,1-2H3,(H,16,17). The minimum atomic E-state index is -0.744. The molecule has 1 N–H and O–H groups in total. The van der Waals surface area contributed by atoms with E-state index in [1.165, 1.54) is 0 Å². The molecule has 2 rings (SSSR count). The molecule has 18 heavy (non-hydrogen) atoms. The normalized spacial score (nSPS) is 26.3. The summed E-state index contributed by atoms with van der Waals surface area (Å²) >= 11 is 0. The molecule has 2 atom stereocenters. The van der Waals surface area contributed by atoms with Crippen molar-refractivity contribution in [3.8, 4) is 0 Å². The Morgan fingerprint density at radius 3 is 2.94 bits per heavy atom. The fourth-order valence-corrected chi connectivity index (χ4v) is 2.71. The lowest BCUT2D eigenvalue weighted by Gasteiger charge is -2.43. The van der Waals surface area contributed by atoms with Crippen LogP contribution in [0.3, 0.4) is 0 Å². The average molecular weight is 252 g/mol. The first-order chi connectivity index (χ1) is 8.56. The maximum atomic E-state index is 11.0. The highest BCUT2D eigenvalue weighted by atomic mass is 16.4. The predicted molar refractivity (Wildman–Crippen MR) is 67.3 cm³/mol. The molecule has 0 aliphatic carbocycles. The monoisotopic (exact) mass is 252 g/mol. The maximum Gasteiger partial charge on any atom is 0.304 e. The number of hydrogen-bond donors (Lipinski definition) is 1. The fourth-order valence-electron chi connectivity index (χ4n) is 2.71. The number of furan rings is 1. The molecular formula is C13H20N2O3. The third-order valence-electron chi connectivity index (χ3n) is 3.46. The first-order valence-electron chi connectivity index (χ1n) is 6.24. The van der Waals surface area contributed by atoms with Crippen LogP contribution in [0.1, 0.15) is 19.1 Å². The third-order valence-corrected chi connectivity index (χ3v) is 3.46. The summed E-state index contributed by atoms with van der Waals surface area (Å²) in [5, 5.41) is 9.01. The van der Waals surface area contributed by atoms with Crippen LogP contribution in [-0.4, -0.2) is 53.1 Å². The summed E-state index contributed by atoms with van der Waals surface area (Å²) in [7, 11) is 2.04. The Morgan fingerprint density at radius 1 is 1.56 bits per heavy atom. The number of piperazine rings is 1. The van der Waals surface area contributed by atoms with E-state index >= 15 is 0 Å². The first-order valence-corrected chi connectivity index (χ1v) is 6.24. The molecule has 0 saturated carbocycles. The van der Waals surface area contributed by atoms with E-state index in [1.54, 1.807) is 6.26 Å². The van der Waals surface area contributed by atoms with Crippen molar-refractivity contribution in [1.29, 1.82) is 0 Å². The second-order valence-corrected chi connectivity index (χ2v) is 5.07. The van der Waals surface area contributed by atoms with Gasteiger partial charge < -0.3 is 14.4 Å². The molecule has 1 aliphatic rings. The van der Waals surface area contributed by atoms with E-state index in [1.807, 2.05) is 19.2 Å². The molecule has 1 aliphatic heterocycles. The fraction of sp³-hybridized carbons (Fsp3) is 0.615. The van der Waals surface area contributed by atoms with Crippen LogP contribution < -0.4 is 0 Å². The summed E-state index contributed by atoms with van der Waals surface area (Å²) < 4.78 is 5.36. The molecule has 5 nitrogen and oxygen atoms in total. The van der Waals surface area contributed by atoms with Crippen LogP contribution in [0.4, 0.5) is 0 Å². The van der Waals surface area contributed by atoms with E-state index in [-0.39, 0.29) is 12.5 Å². The third kappa shape index (κ3) is 3.11. The number of nitrogens with zero attached hydrogens (tertiary/aromatic N) is 2. The van der Waals surface area contributed by atoms with Crippen molar-refractivity contribution in [2.45, 2.75) is 32.0 Å². The molecule has 0 aromatic carbocycles. The summed E-state index contributed by atoms with van der Waals surface area (Å²) in [6.07, 6.45) is 1.83. The van der Waals surface area contributed by atoms with Gasteiger partial charge in [0, 0.05) is 25.2 Å². The Morgan fingerprint density at radius 2 is 2.33 bits per heavy atom. The lowest BCUT2D eigenvalue weighted by Crippen LogP contribution is -2.56. The van der Waals surface area contributed by atoms with Gasteiger partial charge in [-0.1, -0.05) is 0 Å². The van der Waals surface area contributed by atoms with Gasteiger partial charge in [0.05, 0.1) is 19.2 Å². The summed E-state index contributed by atoms with van der Waals surface area (Å²) in [6.45, 7) is 4.56. The van der Waals surface area contributed by atoms with Crippen LogP contribution in [0, 0.1) is 0 Å². The van der Waals surface area contributed by atoms with Crippen molar-refractivity contribution in [3.63, 3.8) is 0 Å². The highest BCUT2D eigenvalue weighted by Gasteiger charge is 2.32. The Labute approximate surface area is 107 Å². The number of aliphatic carboxylic acids is 1. The highest BCUT2D eigenvalue weighted by molar-refractivity contribution is 5.67. The molecule has 1 aromatic heterocycles. The molecule has 100 valence electrons. The molecule has 0 bridgehead atoms. The molecule has 2 unspecified atom stereocenters. The summed E-state index contributed by atoms with van der Waals surface area (Å²) in [5.41, 5.74) is 0. The van der Waals surface area contributed by atoms with Gasteiger partial charge in [0.2, 0.25) is 0 Å². The van der Waals surface area contributed by atoms with Gasteiger partial charge in [-0.05, 0) is 26.1 Å². The van der Waals surface area contributed by atoms with E-state index < -0.39 is 5.97 Å². The zero-order chi connectivity index (χ0) is 13.1. The zero-order valence-corrected chi connectivity index (χ0v) is 10.9. The number of rotatable bonds is 4. The Balaban J connectivity index is 2.08. The average Bonchev–Trinajstić information content (AvgIpc) is 2.74. The van der Waals surface area contributed by atoms with Gasteiger partial charge in [0.1, 0.15) is 5.76 Å². The molecule has 0 amide bonds. The van der Waals surface area contributed by atoms with Crippen molar-refractivity contribution >= 4 is 5.97 Å². The quantitative estimate of drug-likeness (QED) is 0.874. The summed E-state index contributed by atoms with van der Waals surface area (Å²) in [5.74, 6) is 0.147. The van der Waals surface area contributed by atoms with Crippen LogP contribution in [-0.2, 0) is 11.3 Å². The number of hydrogen-bond acceptors (Lipinski definition) is 4. The van der Waals surface area contributed by atoms with Crippen LogP contribution in [0.2, 0.25) is 0 Å². The molecule has 0 spiro atoms. The van der Waals surface area contributed by atoms with Crippen LogP contribution in [0.15, 0.2) is 22.8 Å². The van der Waals surface area contributed by atoms with E-state index in [2.05, 4.69) is 16.7 Å². The summed E-state index contributed by atoms with van der Waals surface area (Å²) in [4.78, 5) is 15.4. The molecule has 1 aromatic rings. The van der Waals surface area contributed by atoms with E-state index in [0.29, 0.717) is 12.6 Å². The minimum absolute atomic E-state index is 0.0429. The van der Waals surface area contributed by atoms with Crippen LogP contribution in [0.5, 0.6) is 0 Å². The lowest BCUT2D eigenvalue weighted by atomic mass is 10.0. The highest BCUT2D eigenvalue weighted by Crippen LogP contribution is 2.20. The van der Waals surface area contributed by atoms with Crippen molar-refractivity contribution in [2.24, 2.45) is 0 Å². The van der Waals surface area contributed by atoms with E-state index in [9.17, 15) is 4.79 Å². The van der Waals surface area contributed by atoms with Gasteiger partial charge in [0.15, 0.2) is 0 Å². The van der Waals surface area contributed by atoms with Crippen molar-refractivity contribution in [1.82, 2.24) is 9.80 Å². The predicted octanol–water partition coefficient (Wildman–Crippen LogP) is 1.26. The second-order valence-electron chi connectivity index (χ2n) is 5.07. The minimum Gasteiger partial charge on any atom is -0.481 e.